The maximum Gasteiger partial charge on any atom is 0.255 e. The molecule has 0 aliphatic carbocycles. The summed E-state index contributed by atoms with van der Waals surface area (Å²) in [5.74, 6) is -0.229. The second kappa shape index (κ2) is 11.4. The third-order valence-corrected chi connectivity index (χ3v) is 5.67. The fourth-order valence-electron chi connectivity index (χ4n) is 3.76. The molecule has 4 N–H and O–H groups in total. The lowest BCUT2D eigenvalue weighted by Crippen LogP contribution is -2.41. The normalized spacial score (nSPS) is 14.0. The number of benzene rings is 2. The molecule has 3 aromatic rings. The molecule has 2 heterocycles. The molecule has 1 fully saturated rings. The van der Waals surface area contributed by atoms with Crippen molar-refractivity contribution in [1.29, 1.82) is 0 Å². The number of nitrogens with two attached hydrogens (primary N) is 1. The predicted octanol–water partition coefficient (Wildman–Crippen LogP) is 1.76. The number of ether oxygens (including phenoxy) is 1. The van der Waals surface area contributed by atoms with Crippen molar-refractivity contribution in [3.63, 3.8) is 0 Å². The molecule has 9 nitrogen and oxygen atoms in total. The van der Waals surface area contributed by atoms with Gasteiger partial charge in [0.05, 0.1) is 43.8 Å². The number of morpholine rings is 1. The van der Waals surface area contributed by atoms with E-state index in [1.54, 1.807) is 35.1 Å². The van der Waals surface area contributed by atoms with Gasteiger partial charge in [-0.05, 0) is 35.4 Å². The van der Waals surface area contributed by atoms with Crippen LogP contribution in [-0.4, -0.2) is 65.9 Å². The van der Waals surface area contributed by atoms with E-state index in [9.17, 15) is 9.59 Å². The largest absolute Gasteiger partial charge is 0.397 e. The van der Waals surface area contributed by atoms with Crippen molar-refractivity contribution in [1.82, 2.24) is 20.0 Å². The Morgan fingerprint density at radius 3 is 2.56 bits per heavy atom. The van der Waals surface area contributed by atoms with Gasteiger partial charge >= 0.3 is 0 Å². The van der Waals surface area contributed by atoms with Gasteiger partial charge in [-0.15, -0.1) is 0 Å². The van der Waals surface area contributed by atoms with E-state index in [1.807, 2.05) is 30.5 Å². The van der Waals surface area contributed by atoms with Gasteiger partial charge in [0, 0.05) is 37.9 Å². The molecule has 1 aromatic heterocycles. The fourth-order valence-corrected chi connectivity index (χ4v) is 3.76. The summed E-state index contributed by atoms with van der Waals surface area (Å²) in [5.41, 5.74) is 9.40. The van der Waals surface area contributed by atoms with Gasteiger partial charge in [-0.25, -0.2) is 0 Å². The fraction of sp³-hybridized carbons (Fsp3) is 0.320. The second-order valence-electron chi connectivity index (χ2n) is 8.27. The number of nitrogens with zero attached hydrogens (tertiary/aromatic N) is 3. The van der Waals surface area contributed by atoms with Crippen molar-refractivity contribution in [2.24, 2.45) is 0 Å². The Hall–Kier alpha value is -3.69. The minimum atomic E-state index is -0.217. The third-order valence-electron chi connectivity index (χ3n) is 5.67. The molecule has 4 rings (SSSR count). The van der Waals surface area contributed by atoms with E-state index >= 15 is 0 Å². The highest BCUT2D eigenvalue weighted by Gasteiger charge is 2.12. The molecule has 2 aromatic carbocycles. The maximum absolute atomic E-state index is 12.5. The topological polar surface area (TPSA) is 115 Å². The van der Waals surface area contributed by atoms with Crippen LogP contribution in [0.15, 0.2) is 60.9 Å². The first-order valence-corrected chi connectivity index (χ1v) is 11.4. The van der Waals surface area contributed by atoms with Gasteiger partial charge in [-0.3, -0.25) is 19.2 Å². The molecule has 9 heteroatoms. The quantitative estimate of drug-likeness (QED) is 0.418. The number of amides is 2. The molecule has 0 radical (unpaired) electrons. The van der Waals surface area contributed by atoms with E-state index in [0.29, 0.717) is 36.4 Å². The van der Waals surface area contributed by atoms with E-state index in [1.165, 1.54) is 0 Å². The number of nitrogens with one attached hydrogen (secondary N) is 2. The molecule has 1 aliphatic heterocycles. The minimum absolute atomic E-state index is 0.0118. The van der Waals surface area contributed by atoms with Crippen LogP contribution in [0.4, 0.5) is 11.4 Å². The van der Waals surface area contributed by atoms with Gasteiger partial charge in [0.25, 0.3) is 5.91 Å². The molecular weight excluding hydrogens is 432 g/mol. The van der Waals surface area contributed by atoms with Crippen LogP contribution in [0.1, 0.15) is 21.5 Å². The molecule has 34 heavy (non-hydrogen) atoms. The number of rotatable bonds is 9. The Morgan fingerprint density at radius 2 is 1.79 bits per heavy atom. The molecule has 2 amide bonds. The number of carbonyl (C=O) groups excluding carboxylic acids is 2. The lowest BCUT2D eigenvalue weighted by molar-refractivity contribution is -0.120. The zero-order valence-corrected chi connectivity index (χ0v) is 19.1. The summed E-state index contributed by atoms with van der Waals surface area (Å²) in [4.78, 5) is 27.0. The Morgan fingerprint density at radius 1 is 1.03 bits per heavy atom. The first-order chi connectivity index (χ1) is 16.6. The van der Waals surface area contributed by atoms with E-state index < -0.39 is 0 Å². The van der Waals surface area contributed by atoms with Crippen LogP contribution < -0.4 is 16.4 Å². The van der Waals surface area contributed by atoms with Gasteiger partial charge in [-0.2, -0.15) is 5.10 Å². The van der Waals surface area contributed by atoms with Crippen LogP contribution in [0.5, 0.6) is 0 Å². The van der Waals surface area contributed by atoms with Crippen LogP contribution in [0.3, 0.4) is 0 Å². The summed E-state index contributed by atoms with van der Waals surface area (Å²) in [6.07, 6.45) is 3.89. The van der Waals surface area contributed by atoms with Gasteiger partial charge in [-0.1, -0.05) is 24.3 Å². The van der Waals surface area contributed by atoms with Crippen LogP contribution >= 0.6 is 0 Å². The van der Waals surface area contributed by atoms with Crippen molar-refractivity contribution in [2.75, 3.05) is 50.4 Å². The lowest BCUT2D eigenvalue weighted by atomic mass is 10.1. The highest BCUT2D eigenvalue weighted by atomic mass is 16.5. The summed E-state index contributed by atoms with van der Waals surface area (Å²) in [7, 11) is 0. The number of para-hydroxylation sites is 2. The second-order valence-corrected chi connectivity index (χ2v) is 8.27. The molecule has 0 saturated carbocycles. The molecule has 0 unspecified atom stereocenters. The van der Waals surface area contributed by atoms with E-state index in [0.717, 1.165) is 44.0 Å². The van der Waals surface area contributed by atoms with E-state index in [2.05, 4.69) is 20.6 Å². The molecule has 0 bridgehead atoms. The van der Waals surface area contributed by atoms with Gasteiger partial charge < -0.3 is 21.1 Å². The minimum Gasteiger partial charge on any atom is -0.397 e. The van der Waals surface area contributed by atoms with Gasteiger partial charge in [0.1, 0.15) is 0 Å². The third kappa shape index (κ3) is 6.66. The SMILES string of the molecule is Nc1ccccc1NC(=O)c1ccc(Cn2cc(CC(=O)NCCN3CCOCC3)cn2)cc1. The summed E-state index contributed by atoms with van der Waals surface area (Å²) in [6.45, 7) is 5.35. The first-order valence-electron chi connectivity index (χ1n) is 11.4. The molecule has 1 aliphatic rings. The number of anilines is 2. The van der Waals surface area contributed by atoms with E-state index in [4.69, 9.17) is 10.5 Å². The maximum atomic E-state index is 12.5. The van der Waals surface area contributed by atoms with Crippen molar-refractivity contribution in [3.8, 4) is 0 Å². The molecule has 178 valence electrons. The zero-order chi connectivity index (χ0) is 23.8. The Bertz CT molecular complexity index is 1110. The van der Waals surface area contributed by atoms with Crippen LogP contribution in [0.25, 0.3) is 0 Å². The average molecular weight is 463 g/mol. The average Bonchev–Trinajstić information content (AvgIpc) is 3.28. The van der Waals surface area contributed by atoms with Crippen LogP contribution in [0.2, 0.25) is 0 Å². The van der Waals surface area contributed by atoms with Crippen molar-refractivity contribution in [3.05, 3.63) is 77.6 Å². The highest BCUT2D eigenvalue weighted by molar-refractivity contribution is 6.05. The summed E-state index contributed by atoms with van der Waals surface area (Å²) in [5, 5.41) is 10.2. The zero-order valence-electron chi connectivity index (χ0n) is 19.1. The smallest absolute Gasteiger partial charge is 0.255 e. The van der Waals surface area contributed by atoms with Crippen LogP contribution in [0, 0.1) is 0 Å². The highest BCUT2D eigenvalue weighted by Crippen LogP contribution is 2.18. The van der Waals surface area contributed by atoms with Gasteiger partial charge in [0.15, 0.2) is 0 Å². The van der Waals surface area contributed by atoms with Gasteiger partial charge in [0.2, 0.25) is 5.91 Å². The number of nitrogen functional groups attached to an aromatic ring is 1. The van der Waals surface area contributed by atoms with Crippen molar-refractivity contribution < 1.29 is 14.3 Å². The van der Waals surface area contributed by atoms with Crippen LogP contribution in [-0.2, 0) is 22.5 Å². The Balaban J connectivity index is 1.23. The van der Waals surface area contributed by atoms with Crippen molar-refractivity contribution in [2.45, 2.75) is 13.0 Å². The molecule has 0 atom stereocenters. The number of hydrogen-bond acceptors (Lipinski definition) is 6. The number of hydrogen-bond donors (Lipinski definition) is 3. The molecule has 1 saturated heterocycles. The number of aromatic nitrogens is 2. The summed E-state index contributed by atoms with van der Waals surface area (Å²) in [6, 6.07) is 14.5. The summed E-state index contributed by atoms with van der Waals surface area (Å²) >= 11 is 0. The standard InChI is InChI=1S/C25H30N6O3/c26-22-3-1-2-4-23(22)29-25(33)21-7-5-19(6-8-21)17-31-18-20(16-28-31)15-24(32)27-9-10-30-11-13-34-14-12-30/h1-8,16,18H,9-15,17,26H2,(H,27,32)(H,29,33). The Labute approximate surface area is 198 Å². The molecule has 0 spiro atoms. The lowest BCUT2D eigenvalue weighted by Gasteiger charge is -2.26. The molecular formula is C25H30N6O3. The Kier molecular flexibility index (Phi) is 7.90. The summed E-state index contributed by atoms with van der Waals surface area (Å²) < 4.78 is 7.12. The van der Waals surface area contributed by atoms with E-state index in [-0.39, 0.29) is 11.8 Å². The predicted molar refractivity (Wildman–Crippen MR) is 131 cm³/mol. The number of carbonyl (C=O) groups is 2. The monoisotopic (exact) mass is 462 g/mol. The van der Waals surface area contributed by atoms with Crippen molar-refractivity contribution >= 4 is 23.2 Å². The first kappa shape index (κ1) is 23.5.